The van der Waals surface area contributed by atoms with E-state index < -0.39 is 11.7 Å². The summed E-state index contributed by atoms with van der Waals surface area (Å²) in [5.41, 5.74) is 0.428. The molecule has 0 unspecified atom stereocenters. The first kappa shape index (κ1) is 20.9. The number of thioether (sulfide) groups is 1. The smallest absolute Gasteiger partial charge is 0.301 e. The lowest BCUT2D eigenvalue weighted by Gasteiger charge is -2.08. The summed E-state index contributed by atoms with van der Waals surface area (Å²) in [6.45, 7) is 0. The highest BCUT2D eigenvalue weighted by molar-refractivity contribution is 7.98. The van der Waals surface area contributed by atoms with Crippen LogP contribution in [0.2, 0.25) is 0 Å². The van der Waals surface area contributed by atoms with Gasteiger partial charge in [0.2, 0.25) is 0 Å². The van der Waals surface area contributed by atoms with Crippen LogP contribution in [0.25, 0.3) is 22.4 Å². The van der Waals surface area contributed by atoms with Crippen LogP contribution >= 0.6 is 11.8 Å². The molecule has 0 saturated heterocycles. The Kier molecular flexibility index (Phi) is 5.17. The Morgan fingerprint density at radius 2 is 1.70 bits per heavy atom. The summed E-state index contributed by atoms with van der Waals surface area (Å²) in [5, 5.41) is 16.3. The number of nitrogens with one attached hydrogen (secondary N) is 1. The average molecular weight is 470 g/mol. The number of aromatic amines is 1. The van der Waals surface area contributed by atoms with E-state index in [2.05, 4.69) is 30.6 Å². The van der Waals surface area contributed by atoms with Crippen molar-refractivity contribution in [2.45, 2.75) is 17.1 Å². The molecule has 9 nitrogen and oxygen atoms in total. The molecule has 0 saturated carbocycles. The Hall–Kier alpha value is -4.00. The van der Waals surface area contributed by atoms with E-state index in [-0.39, 0.29) is 11.3 Å². The first-order valence-corrected chi connectivity index (χ1v) is 10.5. The van der Waals surface area contributed by atoms with Crippen molar-refractivity contribution in [2.24, 2.45) is 0 Å². The van der Waals surface area contributed by atoms with Crippen LogP contribution in [0.15, 0.2) is 70.7 Å². The van der Waals surface area contributed by atoms with Crippen LogP contribution in [0.1, 0.15) is 11.4 Å². The molecule has 5 aromatic rings. The van der Waals surface area contributed by atoms with Crippen molar-refractivity contribution >= 4 is 22.8 Å². The second kappa shape index (κ2) is 8.16. The molecule has 33 heavy (non-hydrogen) atoms. The lowest BCUT2D eigenvalue weighted by atomic mass is 10.2. The van der Waals surface area contributed by atoms with Crippen LogP contribution in [0.5, 0.6) is 0 Å². The van der Waals surface area contributed by atoms with Gasteiger partial charge < -0.3 is 4.98 Å². The number of benzene rings is 2. The van der Waals surface area contributed by atoms with Crippen LogP contribution in [-0.2, 0) is 11.9 Å². The number of alkyl halides is 3. The fourth-order valence-corrected chi connectivity index (χ4v) is 3.91. The number of hydrogen-bond acceptors (Lipinski definition) is 7. The van der Waals surface area contributed by atoms with Crippen molar-refractivity contribution < 1.29 is 13.2 Å². The van der Waals surface area contributed by atoms with Gasteiger partial charge in [0, 0.05) is 0 Å². The predicted molar refractivity (Wildman–Crippen MR) is 113 cm³/mol. The molecular formula is C20H13F3N8OS. The molecule has 5 rings (SSSR count). The maximum atomic E-state index is 12.8. The molecule has 0 bridgehead atoms. The third kappa shape index (κ3) is 4.09. The van der Waals surface area contributed by atoms with Crippen LogP contribution in [0, 0.1) is 0 Å². The Morgan fingerprint density at radius 1 is 0.970 bits per heavy atom. The molecule has 3 heterocycles. The van der Waals surface area contributed by atoms with Crippen molar-refractivity contribution in [3.63, 3.8) is 0 Å². The lowest BCUT2D eigenvalue weighted by Crippen LogP contribution is -2.10. The molecular weight excluding hydrogens is 457 g/mol. The molecule has 166 valence electrons. The second-order valence-corrected chi connectivity index (χ2v) is 7.80. The predicted octanol–water partition coefficient (Wildman–Crippen LogP) is 3.40. The Bertz CT molecular complexity index is 1480. The molecule has 0 fully saturated rings. The molecule has 0 amide bonds. The van der Waals surface area contributed by atoms with Crippen LogP contribution in [0.4, 0.5) is 13.2 Å². The normalized spacial score (nSPS) is 11.8. The average Bonchev–Trinajstić information content (AvgIpc) is 3.45. The fraction of sp³-hybridized carbons (Fsp3) is 0.100. The number of aromatic nitrogens is 8. The van der Waals surface area contributed by atoms with E-state index in [9.17, 15) is 18.0 Å². The van der Waals surface area contributed by atoms with Gasteiger partial charge in [-0.25, -0.2) is 9.67 Å². The number of tetrazole rings is 1. The standard InChI is InChI=1S/C20H13F3N8OS/c21-20(22,23)12-6-8-14(9-7-12)30-16(27-28-29-30)11-33-19-25-17-15(18(32)26-19)10-24-31(17)13-4-2-1-3-5-13/h1-10H,11H2,(H,25,26,32). The summed E-state index contributed by atoms with van der Waals surface area (Å²) in [7, 11) is 0. The van der Waals surface area contributed by atoms with E-state index in [1.54, 1.807) is 4.68 Å². The highest BCUT2D eigenvalue weighted by Gasteiger charge is 2.30. The van der Waals surface area contributed by atoms with Crippen molar-refractivity contribution in [3.8, 4) is 11.4 Å². The highest BCUT2D eigenvalue weighted by atomic mass is 32.2. The van der Waals surface area contributed by atoms with Crippen LogP contribution in [-0.4, -0.2) is 40.0 Å². The Morgan fingerprint density at radius 3 is 2.42 bits per heavy atom. The Balaban J connectivity index is 1.41. The summed E-state index contributed by atoms with van der Waals surface area (Å²) in [6.07, 6.45) is -2.98. The number of hydrogen-bond donors (Lipinski definition) is 1. The number of H-pyrrole nitrogens is 1. The maximum Gasteiger partial charge on any atom is 0.416 e. The van der Waals surface area contributed by atoms with Gasteiger partial charge in [-0.2, -0.15) is 23.0 Å². The number of nitrogens with zero attached hydrogens (tertiary/aromatic N) is 7. The minimum atomic E-state index is -4.43. The number of halogens is 3. The largest absolute Gasteiger partial charge is 0.416 e. The quantitative estimate of drug-likeness (QED) is 0.310. The molecule has 0 radical (unpaired) electrons. The van der Waals surface area contributed by atoms with Crippen molar-refractivity contribution in [2.75, 3.05) is 0 Å². The molecule has 2 aromatic carbocycles. The molecule has 0 aliphatic carbocycles. The SMILES string of the molecule is O=c1[nH]c(SCc2nnnn2-c2ccc(C(F)(F)F)cc2)nc2c1cnn2-c1ccccc1. The first-order valence-electron chi connectivity index (χ1n) is 9.51. The van der Waals surface area contributed by atoms with E-state index in [1.807, 2.05) is 30.3 Å². The fourth-order valence-electron chi connectivity index (χ4n) is 3.15. The van der Waals surface area contributed by atoms with Gasteiger partial charge in [-0.05, 0) is 46.8 Å². The molecule has 13 heteroatoms. The van der Waals surface area contributed by atoms with Gasteiger partial charge in [0.25, 0.3) is 5.56 Å². The summed E-state index contributed by atoms with van der Waals surface area (Å²) in [5.74, 6) is 0.584. The third-order valence-electron chi connectivity index (χ3n) is 4.73. The van der Waals surface area contributed by atoms with Crippen molar-refractivity contribution in [1.29, 1.82) is 0 Å². The zero-order chi connectivity index (χ0) is 23.0. The van der Waals surface area contributed by atoms with Gasteiger partial charge in [0.15, 0.2) is 16.6 Å². The monoisotopic (exact) mass is 470 g/mol. The van der Waals surface area contributed by atoms with Gasteiger partial charge in [0.1, 0.15) is 5.39 Å². The van der Waals surface area contributed by atoms with E-state index >= 15 is 0 Å². The molecule has 0 aliphatic heterocycles. The molecule has 3 aromatic heterocycles. The van der Waals surface area contributed by atoms with Crippen molar-refractivity contribution in [1.82, 2.24) is 40.0 Å². The van der Waals surface area contributed by atoms with E-state index in [0.29, 0.717) is 27.7 Å². The van der Waals surface area contributed by atoms with Gasteiger partial charge in [-0.1, -0.05) is 30.0 Å². The van der Waals surface area contributed by atoms with Crippen LogP contribution in [0.3, 0.4) is 0 Å². The molecule has 1 N–H and O–H groups in total. The zero-order valence-electron chi connectivity index (χ0n) is 16.6. The zero-order valence-corrected chi connectivity index (χ0v) is 17.4. The number of rotatable bonds is 5. The summed E-state index contributed by atoms with van der Waals surface area (Å²) >= 11 is 1.18. The molecule has 0 aliphatic rings. The number of para-hydroxylation sites is 1. The van der Waals surface area contributed by atoms with E-state index in [0.717, 1.165) is 17.8 Å². The Labute approximate surface area is 187 Å². The van der Waals surface area contributed by atoms with Crippen molar-refractivity contribution in [3.05, 3.63) is 82.5 Å². The first-order chi connectivity index (χ1) is 15.9. The van der Waals surface area contributed by atoms with E-state index in [1.165, 1.54) is 34.8 Å². The third-order valence-corrected chi connectivity index (χ3v) is 5.60. The minimum Gasteiger partial charge on any atom is -0.301 e. The number of fused-ring (bicyclic) bond motifs is 1. The highest BCUT2D eigenvalue weighted by Crippen LogP contribution is 2.30. The van der Waals surface area contributed by atoms with Gasteiger partial charge in [0.05, 0.1) is 28.9 Å². The maximum absolute atomic E-state index is 12.8. The van der Waals surface area contributed by atoms with Gasteiger partial charge >= 0.3 is 6.18 Å². The minimum absolute atomic E-state index is 0.210. The van der Waals surface area contributed by atoms with E-state index in [4.69, 9.17) is 0 Å². The lowest BCUT2D eigenvalue weighted by molar-refractivity contribution is -0.137. The van der Waals surface area contributed by atoms with Crippen LogP contribution < -0.4 is 5.56 Å². The summed E-state index contributed by atoms with van der Waals surface area (Å²) < 4.78 is 41.3. The topological polar surface area (TPSA) is 107 Å². The summed E-state index contributed by atoms with van der Waals surface area (Å²) in [4.78, 5) is 19.7. The van der Waals surface area contributed by atoms with Gasteiger partial charge in [-0.3, -0.25) is 4.79 Å². The van der Waals surface area contributed by atoms with Gasteiger partial charge in [-0.15, -0.1) is 5.10 Å². The molecule has 0 spiro atoms. The molecule has 0 atom stereocenters. The summed E-state index contributed by atoms with van der Waals surface area (Å²) in [6, 6.07) is 13.8. The second-order valence-electron chi connectivity index (χ2n) is 6.84.